The van der Waals surface area contributed by atoms with Gasteiger partial charge in [0.1, 0.15) is 11.6 Å². The summed E-state index contributed by atoms with van der Waals surface area (Å²) in [5, 5.41) is 7.76. The van der Waals surface area contributed by atoms with Crippen LogP contribution in [0.2, 0.25) is 0 Å². The van der Waals surface area contributed by atoms with Crippen LogP contribution in [0.25, 0.3) is 10.9 Å². The van der Waals surface area contributed by atoms with E-state index in [0.717, 1.165) is 31.2 Å². The molecular weight excluding hydrogens is 519 g/mol. The van der Waals surface area contributed by atoms with Crippen LogP contribution in [-0.4, -0.2) is 58.7 Å². The van der Waals surface area contributed by atoms with Crippen LogP contribution in [0.5, 0.6) is 5.75 Å². The minimum absolute atomic E-state index is 0.140. The number of piperazine rings is 1. The van der Waals surface area contributed by atoms with Gasteiger partial charge in [0, 0.05) is 43.5 Å². The minimum atomic E-state index is -0.343. The second-order valence-electron chi connectivity index (χ2n) is 12.0. The maximum Gasteiger partial charge on any atom is 0.261 e. The SMILES string of the molecule is COc1ccc(CCn2cnc3cc(N/C(=N/C4CCCC(C)C4C)N4C[C@@H](C)N[C@@H](C)C4)ccc3c2=O)c(F)c1. The molecule has 0 bridgehead atoms. The summed E-state index contributed by atoms with van der Waals surface area (Å²) >= 11 is 0. The van der Waals surface area contributed by atoms with Crippen LogP contribution in [0.4, 0.5) is 10.1 Å². The van der Waals surface area contributed by atoms with E-state index in [1.807, 2.05) is 18.2 Å². The fourth-order valence-electron chi connectivity index (χ4n) is 6.21. The average molecular weight is 563 g/mol. The lowest BCUT2D eigenvalue weighted by molar-refractivity contribution is 0.230. The summed E-state index contributed by atoms with van der Waals surface area (Å²) in [4.78, 5) is 25.5. The van der Waals surface area contributed by atoms with Gasteiger partial charge in [0.2, 0.25) is 0 Å². The van der Waals surface area contributed by atoms with Crippen LogP contribution in [0.15, 0.2) is 52.5 Å². The van der Waals surface area contributed by atoms with Crippen molar-refractivity contribution in [3.8, 4) is 5.75 Å². The predicted molar refractivity (Wildman–Crippen MR) is 163 cm³/mol. The second-order valence-corrected chi connectivity index (χ2v) is 12.0. The van der Waals surface area contributed by atoms with E-state index in [9.17, 15) is 9.18 Å². The molecular formula is C32H43FN6O2. The van der Waals surface area contributed by atoms with E-state index < -0.39 is 0 Å². The number of aromatic nitrogens is 2. The van der Waals surface area contributed by atoms with Crippen molar-refractivity contribution >= 4 is 22.5 Å². The molecule has 8 nitrogen and oxygen atoms in total. The third-order valence-corrected chi connectivity index (χ3v) is 8.77. The van der Waals surface area contributed by atoms with Crippen molar-refractivity contribution in [2.45, 2.75) is 78.0 Å². The van der Waals surface area contributed by atoms with Gasteiger partial charge in [-0.15, -0.1) is 0 Å². The van der Waals surface area contributed by atoms with E-state index in [2.05, 4.69) is 48.2 Å². The van der Waals surface area contributed by atoms with Crippen LogP contribution >= 0.6 is 0 Å². The van der Waals surface area contributed by atoms with Crippen LogP contribution in [0.3, 0.4) is 0 Å². The molecule has 1 saturated heterocycles. The Balaban J connectivity index is 1.38. The van der Waals surface area contributed by atoms with Gasteiger partial charge in [-0.1, -0.05) is 32.8 Å². The number of hydrogen-bond donors (Lipinski definition) is 2. The third kappa shape index (κ3) is 6.72. The molecule has 1 saturated carbocycles. The molecule has 2 fully saturated rings. The molecule has 2 heterocycles. The molecule has 1 aromatic heterocycles. The number of aryl methyl sites for hydroxylation is 2. The third-order valence-electron chi connectivity index (χ3n) is 8.77. The van der Waals surface area contributed by atoms with E-state index in [-0.39, 0.29) is 17.4 Å². The number of guanidine groups is 1. The zero-order chi connectivity index (χ0) is 29.1. The zero-order valence-corrected chi connectivity index (χ0v) is 24.9. The highest BCUT2D eigenvalue weighted by atomic mass is 19.1. The number of benzene rings is 2. The Bertz CT molecular complexity index is 1450. The summed E-state index contributed by atoms with van der Waals surface area (Å²) in [6.07, 6.45) is 5.50. The van der Waals surface area contributed by atoms with E-state index in [0.29, 0.717) is 59.1 Å². The smallest absolute Gasteiger partial charge is 0.261 e. The summed E-state index contributed by atoms with van der Waals surface area (Å²) in [5.41, 5.74) is 1.87. The lowest BCUT2D eigenvalue weighted by Gasteiger charge is -2.39. The molecule has 9 heteroatoms. The Morgan fingerprint density at radius 3 is 2.63 bits per heavy atom. The topological polar surface area (TPSA) is 83.8 Å². The number of ether oxygens (including phenoxy) is 1. The first-order valence-corrected chi connectivity index (χ1v) is 14.9. The van der Waals surface area contributed by atoms with Gasteiger partial charge in [0.05, 0.1) is 30.4 Å². The number of fused-ring (bicyclic) bond motifs is 1. The molecule has 2 aromatic carbocycles. The quantitative estimate of drug-likeness (QED) is 0.323. The number of halogens is 1. The maximum absolute atomic E-state index is 14.4. The number of anilines is 1. The van der Waals surface area contributed by atoms with Crippen molar-refractivity contribution in [3.05, 3.63) is 64.5 Å². The lowest BCUT2D eigenvalue weighted by atomic mass is 9.78. The standard InChI is InChI=1S/C32H43FN6O2/c1-20-7-6-8-29(23(20)4)37-32(39-17-21(2)35-22(3)18-39)36-25-10-12-27-30(15-25)34-19-38(31(27)40)14-13-24-9-11-26(41-5)16-28(24)33/h9-12,15-16,19-23,29,35H,6-8,13-14,17-18H2,1-5H3,(H,36,37)/t20?,21-,22+,23?,29?. The van der Waals surface area contributed by atoms with Gasteiger partial charge < -0.3 is 20.3 Å². The van der Waals surface area contributed by atoms with E-state index >= 15 is 0 Å². The summed E-state index contributed by atoms with van der Waals surface area (Å²) in [6.45, 7) is 11.2. The monoisotopic (exact) mass is 562 g/mol. The Labute approximate surface area is 242 Å². The molecule has 1 aliphatic heterocycles. The molecule has 2 N–H and O–H groups in total. The van der Waals surface area contributed by atoms with E-state index in [4.69, 9.17) is 9.73 Å². The second kappa shape index (κ2) is 12.6. The fourth-order valence-corrected chi connectivity index (χ4v) is 6.21. The normalized spacial score (nSPS) is 25.4. The van der Waals surface area contributed by atoms with E-state index in [1.54, 1.807) is 23.0 Å². The van der Waals surface area contributed by atoms with Crippen molar-refractivity contribution in [1.29, 1.82) is 0 Å². The highest BCUT2D eigenvalue weighted by Crippen LogP contribution is 2.32. The van der Waals surface area contributed by atoms with Gasteiger partial charge in [-0.05, 0) is 68.4 Å². The van der Waals surface area contributed by atoms with Gasteiger partial charge in [0.15, 0.2) is 5.96 Å². The molecule has 5 atom stereocenters. The highest BCUT2D eigenvalue weighted by Gasteiger charge is 2.30. The Hall–Kier alpha value is -3.46. The van der Waals surface area contributed by atoms with E-state index in [1.165, 1.54) is 26.0 Å². The number of methoxy groups -OCH3 is 1. The first-order valence-electron chi connectivity index (χ1n) is 14.9. The lowest BCUT2D eigenvalue weighted by Crippen LogP contribution is -2.57. The van der Waals surface area contributed by atoms with Gasteiger partial charge in [-0.3, -0.25) is 9.36 Å². The summed E-state index contributed by atoms with van der Waals surface area (Å²) in [5.74, 6) is 2.21. The van der Waals surface area contributed by atoms with Gasteiger partial charge in [-0.2, -0.15) is 0 Å². The molecule has 0 spiro atoms. The first kappa shape index (κ1) is 29.0. The molecule has 5 rings (SSSR count). The first-order chi connectivity index (χ1) is 19.7. The van der Waals surface area contributed by atoms with Crippen LogP contribution in [0.1, 0.15) is 52.5 Å². The predicted octanol–water partition coefficient (Wildman–Crippen LogP) is 5.06. The summed E-state index contributed by atoms with van der Waals surface area (Å²) in [6, 6.07) is 11.4. The minimum Gasteiger partial charge on any atom is -0.497 e. The van der Waals surface area contributed by atoms with Crippen LogP contribution < -0.4 is 20.9 Å². The van der Waals surface area contributed by atoms with Crippen molar-refractivity contribution in [1.82, 2.24) is 19.8 Å². The Morgan fingerprint density at radius 2 is 1.90 bits per heavy atom. The summed E-state index contributed by atoms with van der Waals surface area (Å²) < 4.78 is 21.0. The van der Waals surface area contributed by atoms with Crippen molar-refractivity contribution < 1.29 is 9.13 Å². The number of nitrogens with one attached hydrogen (secondary N) is 2. The molecule has 220 valence electrons. The van der Waals surface area contributed by atoms with Crippen LogP contribution in [-0.2, 0) is 13.0 Å². The number of rotatable bonds is 6. The Morgan fingerprint density at radius 1 is 1.12 bits per heavy atom. The van der Waals surface area contributed by atoms with Crippen LogP contribution in [0, 0.1) is 17.7 Å². The molecule has 2 aliphatic rings. The van der Waals surface area contributed by atoms with Gasteiger partial charge in [0.25, 0.3) is 5.56 Å². The molecule has 41 heavy (non-hydrogen) atoms. The van der Waals surface area contributed by atoms with Crippen molar-refractivity contribution in [3.63, 3.8) is 0 Å². The van der Waals surface area contributed by atoms with Gasteiger partial charge in [-0.25, -0.2) is 14.4 Å². The Kier molecular flexibility index (Phi) is 8.92. The molecule has 3 unspecified atom stereocenters. The largest absolute Gasteiger partial charge is 0.497 e. The average Bonchev–Trinajstić information content (AvgIpc) is 2.94. The van der Waals surface area contributed by atoms with Gasteiger partial charge >= 0.3 is 0 Å². The molecule has 0 radical (unpaired) electrons. The number of hydrogen-bond acceptors (Lipinski definition) is 5. The summed E-state index contributed by atoms with van der Waals surface area (Å²) in [7, 11) is 1.51. The molecule has 1 aliphatic carbocycles. The number of aliphatic imine (C=N–C) groups is 1. The van der Waals surface area contributed by atoms with Crippen molar-refractivity contribution in [2.24, 2.45) is 16.8 Å². The zero-order valence-electron chi connectivity index (χ0n) is 24.9. The maximum atomic E-state index is 14.4. The molecule has 3 aromatic rings. The highest BCUT2D eigenvalue weighted by molar-refractivity contribution is 5.96. The number of nitrogens with zero attached hydrogens (tertiary/aromatic N) is 4. The fraction of sp³-hybridized carbons (Fsp3) is 0.531. The molecule has 0 amide bonds. The van der Waals surface area contributed by atoms with Crippen molar-refractivity contribution in [2.75, 3.05) is 25.5 Å².